The molecule has 0 aliphatic rings. The van der Waals surface area contributed by atoms with E-state index in [0.29, 0.717) is 12.1 Å². The smallest absolute Gasteiger partial charge is 0.335 e. The number of rotatable bonds is 7. The van der Waals surface area contributed by atoms with Crippen molar-refractivity contribution in [3.63, 3.8) is 0 Å². The first-order chi connectivity index (χ1) is 10.1. The number of hydrogen-bond donors (Lipinski definition) is 2. The van der Waals surface area contributed by atoms with Crippen LogP contribution in [0.1, 0.15) is 48.2 Å². The van der Waals surface area contributed by atoms with E-state index in [0.717, 1.165) is 43.2 Å². The van der Waals surface area contributed by atoms with Crippen LogP contribution in [0.15, 0.2) is 18.3 Å². The first kappa shape index (κ1) is 15.6. The van der Waals surface area contributed by atoms with Crippen molar-refractivity contribution in [1.82, 2.24) is 4.57 Å². The second kappa shape index (κ2) is 6.76. The van der Waals surface area contributed by atoms with Crippen LogP contribution in [0, 0.1) is 0 Å². The van der Waals surface area contributed by atoms with Gasteiger partial charge in [-0.05, 0) is 55.5 Å². The maximum Gasteiger partial charge on any atom is 0.335 e. The molecule has 0 aliphatic heterocycles. The van der Waals surface area contributed by atoms with Crippen molar-refractivity contribution in [2.24, 2.45) is 5.73 Å². The van der Waals surface area contributed by atoms with Gasteiger partial charge in [-0.1, -0.05) is 13.8 Å². The third-order valence-corrected chi connectivity index (χ3v) is 3.88. The van der Waals surface area contributed by atoms with Gasteiger partial charge in [0.05, 0.1) is 11.1 Å². The third kappa shape index (κ3) is 3.10. The number of carbonyl (C=O) groups is 1. The fourth-order valence-corrected chi connectivity index (χ4v) is 2.90. The van der Waals surface area contributed by atoms with Gasteiger partial charge in [0, 0.05) is 18.1 Å². The average Bonchev–Trinajstić information content (AvgIpc) is 2.82. The van der Waals surface area contributed by atoms with Crippen LogP contribution in [0.4, 0.5) is 0 Å². The Hall–Kier alpha value is -1.81. The Balaban J connectivity index is 2.67. The third-order valence-electron chi connectivity index (χ3n) is 3.88. The monoisotopic (exact) mass is 288 g/mol. The maximum absolute atomic E-state index is 11.3. The van der Waals surface area contributed by atoms with E-state index < -0.39 is 5.97 Å². The fourth-order valence-electron chi connectivity index (χ4n) is 2.90. The largest absolute Gasteiger partial charge is 0.478 e. The Morgan fingerprint density at radius 2 is 2.05 bits per heavy atom. The standard InChI is InChI=1S/C17H24N2O2/c1-3-8-19-11-13(6-5-7-18)15-10-14(17(20)21)9-12(4-2)16(15)19/h9-11H,3-8,18H2,1-2H3,(H,20,21). The summed E-state index contributed by atoms with van der Waals surface area (Å²) in [5, 5.41) is 10.4. The summed E-state index contributed by atoms with van der Waals surface area (Å²) >= 11 is 0. The van der Waals surface area contributed by atoms with Gasteiger partial charge in [-0.25, -0.2) is 4.79 Å². The molecule has 0 fully saturated rings. The van der Waals surface area contributed by atoms with Crippen molar-refractivity contribution < 1.29 is 9.90 Å². The Morgan fingerprint density at radius 1 is 1.29 bits per heavy atom. The van der Waals surface area contributed by atoms with Crippen molar-refractivity contribution in [1.29, 1.82) is 0 Å². The predicted octanol–water partition coefficient (Wildman–Crippen LogP) is 3.20. The number of aryl methyl sites for hydroxylation is 3. The zero-order valence-electron chi connectivity index (χ0n) is 12.9. The first-order valence-electron chi connectivity index (χ1n) is 7.70. The summed E-state index contributed by atoms with van der Waals surface area (Å²) in [5.41, 5.74) is 9.51. The van der Waals surface area contributed by atoms with E-state index in [4.69, 9.17) is 5.73 Å². The molecular weight excluding hydrogens is 264 g/mol. The number of nitrogens with two attached hydrogens (primary N) is 1. The lowest BCUT2D eigenvalue weighted by Gasteiger charge is -2.09. The number of aromatic carboxylic acids is 1. The van der Waals surface area contributed by atoms with Crippen molar-refractivity contribution in [2.75, 3.05) is 6.54 Å². The Morgan fingerprint density at radius 3 is 2.62 bits per heavy atom. The number of benzene rings is 1. The highest BCUT2D eigenvalue weighted by molar-refractivity contribution is 5.96. The number of carboxylic acids is 1. The molecule has 0 saturated heterocycles. The van der Waals surface area contributed by atoms with Crippen LogP contribution in [0.25, 0.3) is 10.9 Å². The first-order valence-corrected chi connectivity index (χ1v) is 7.70. The van der Waals surface area contributed by atoms with Crippen LogP contribution in [0.3, 0.4) is 0 Å². The molecule has 1 aromatic carbocycles. The minimum absolute atomic E-state index is 0.377. The van der Waals surface area contributed by atoms with Crippen LogP contribution in [-0.4, -0.2) is 22.2 Å². The highest BCUT2D eigenvalue weighted by Gasteiger charge is 2.15. The zero-order chi connectivity index (χ0) is 15.4. The lowest BCUT2D eigenvalue weighted by Crippen LogP contribution is -2.01. The summed E-state index contributed by atoms with van der Waals surface area (Å²) in [7, 11) is 0. The lowest BCUT2D eigenvalue weighted by atomic mass is 10.0. The summed E-state index contributed by atoms with van der Waals surface area (Å²) in [6.07, 6.45) is 5.89. The molecule has 1 heterocycles. The zero-order valence-corrected chi connectivity index (χ0v) is 12.9. The van der Waals surface area contributed by atoms with E-state index in [1.165, 1.54) is 11.1 Å². The van der Waals surface area contributed by atoms with Gasteiger partial charge < -0.3 is 15.4 Å². The van der Waals surface area contributed by atoms with Gasteiger partial charge in [0.1, 0.15) is 0 Å². The van der Waals surface area contributed by atoms with Crippen LogP contribution >= 0.6 is 0 Å². The molecule has 0 bridgehead atoms. The second-order valence-corrected chi connectivity index (χ2v) is 5.43. The van der Waals surface area contributed by atoms with Crippen LogP contribution in [0.5, 0.6) is 0 Å². The molecule has 4 nitrogen and oxygen atoms in total. The highest BCUT2D eigenvalue weighted by Crippen LogP contribution is 2.28. The van der Waals surface area contributed by atoms with E-state index in [1.807, 2.05) is 12.1 Å². The number of carboxylic acid groups (broad SMARTS) is 1. The molecule has 0 unspecified atom stereocenters. The summed E-state index contributed by atoms with van der Waals surface area (Å²) in [6.45, 7) is 5.84. The van der Waals surface area contributed by atoms with Crippen LogP contribution in [0.2, 0.25) is 0 Å². The van der Waals surface area contributed by atoms with Crippen molar-refractivity contribution in [3.05, 3.63) is 35.0 Å². The van der Waals surface area contributed by atoms with Gasteiger partial charge in [0.15, 0.2) is 0 Å². The molecule has 2 rings (SSSR count). The minimum Gasteiger partial charge on any atom is -0.478 e. The van der Waals surface area contributed by atoms with Crippen LogP contribution < -0.4 is 5.73 Å². The Kier molecular flexibility index (Phi) is 5.02. The quantitative estimate of drug-likeness (QED) is 0.822. The average molecular weight is 288 g/mol. The molecule has 0 amide bonds. The molecule has 114 valence electrons. The number of fused-ring (bicyclic) bond motifs is 1. The molecule has 0 atom stereocenters. The molecule has 0 radical (unpaired) electrons. The number of nitrogens with zero attached hydrogens (tertiary/aromatic N) is 1. The van der Waals surface area contributed by atoms with E-state index in [1.54, 1.807) is 0 Å². The molecule has 2 aromatic rings. The molecule has 1 aromatic heterocycles. The lowest BCUT2D eigenvalue weighted by molar-refractivity contribution is 0.0697. The van der Waals surface area contributed by atoms with Gasteiger partial charge in [0.25, 0.3) is 0 Å². The summed E-state index contributed by atoms with van der Waals surface area (Å²) in [6, 6.07) is 3.62. The van der Waals surface area contributed by atoms with Crippen molar-refractivity contribution in [2.45, 2.75) is 46.1 Å². The summed E-state index contributed by atoms with van der Waals surface area (Å²) in [5.74, 6) is -0.861. The van der Waals surface area contributed by atoms with E-state index in [-0.39, 0.29) is 0 Å². The maximum atomic E-state index is 11.3. The molecule has 0 saturated carbocycles. The molecule has 0 spiro atoms. The highest BCUT2D eigenvalue weighted by atomic mass is 16.4. The summed E-state index contributed by atoms with van der Waals surface area (Å²) < 4.78 is 2.27. The van der Waals surface area contributed by atoms with E-state index >= 15 is 0 Å². The van der Waals surface area contributed by atoms with Crippen LogP contribution in [-0.2, 0) is 19.4 Å². The molecular formula is C17H24N2O2. The van der Waals surface area contributed by atoms with Gasteiger partial charge in [-0.2, -0.15) is 0 Å². The topological polar surface area (TPSA) is 68.2 Å². The number of aromatic nitrogens is 1. The van der Waals surface area contributed by atoms with E-state index in [2.05, 4.69) is 24.6 Å². The van der Waals surface area contributed by atoms with Gasteiger partial charge in [-0.15, -0.1) is 0 Å². The van der Waals surface area contributed by atoms with Gasteiger partial charge >= 0.3 is 5.97 Å². The minimum atomic E-state index is -0.861. The molecule has 3 N–H and O–H groups in total. The Labute approximate surface area is 125 Å². The molecule has 21 heavy (non-hydrogen) atoms. The van der Waals surface area contributed by atoms with Gasteiger partial charge in [0.2, 0.25) is 0 Å². The Bertz CT molecular complexity index is 644. The van der Waals surface area contributed by atoms with Gasteiger partial charge in [-0.3, -0.25) is 0 Å². The van der Waals surface area contributed by atoms with E-state index in [9.17, 15) is 9.90 Å². The van der Waals surface area contributed by atoms with Crippen molar-refractivity contribution >= 4 is 16.9 Å². The normalized spacial score (nSPS) is 11.2. The molecule has 4 heteroatoms. The second-order valence-electron chi connectivity index (χ2n) is 5.43. The fraction of sp³-hybridized carbons (Fsp3) is 0.471. The number of hydrogen-bond acceptors (Lipinski definition) is 2. The molecule has 0 aliphatic carbocycles. The summed E-state index contributed by atoms with van der Waals surface area (Å²) in [4.78, 5) is 11.3. The SMILES string of the molecule is CCCn1cc(CCCN)c2cc(C(=O)O)cc(CC)c21. The predicted molar refractivity (Wildman–Crippen MR) is 85.9 cm³/mol. The van der Waals surface area contributed by atoms with Crippen molar-refractivity contribution in [3.8, 4) is 0 Å².